The summed E-state index contributed by atoms with van der Waals surface area (Å²) in [6.45, 7) is 3.56. The van der Waals surface area contributed by atoms with Gasteiger partial charge in [-0.2, -0.15) is 0 Å². The van der Waals surface area contributed by atoms with E-state index in [-0.39, 0.29) is 5.76 Å². The third kappa shape index (κ3) is 1.20. The molecule has 0 aromatic carbocycles. The highest BCUT2D eigenvalue weighted by atomic mass is 16.6. The fourth-order valence-electron chi connectivity index (χ4n) is 5.04. The number of carbonyl (C=O) groups excluding carboxylic acids is 1. The van der Waals surface area contributed by atoms with E-state index in [1.807, 2.05) is 6.92 Å². The van der Waals surface area contributed by atoms with Crippen molar-refractivity contribution in [2.24, 2.45) is 10.8 Å². The van der Waals surface area contributed by atoms with Crippen LogP contribution in [0, 0.1) is 10.8 Å². The number of allylic oxidation sites excluding steroid dienone is 1. The second-order valence-electron chi connectivity index (χ2n) is 7.12. The number of epoxide rings is 1. The standard InChI is InChI=1S/C15H20O6/c1-7-3-9-14(5-16,11(19)10(7)18)13(2)4-8(17)12(21-9)15(13)6-20-15/h8-9,12,16-18H,3-6H2,1-2H3/t8-,9-,12-,13-,14-,15+/m1/s1. The van der Waals surface area contributed by atoms with Crippen LogP contribution in [0.15, 0.2) is 11.3 Å². The number of carbonyl (C=O) groups is 1. The molecular formula is C15H20O6. The number of aliphatic hydroxyl groups is 3. The first-order valence-corrected chi connectivity index (χ1v) is 7.36. The van der Waals surface area contributed by atoms with Gasteiger partial charge in [0, 0.05) is 5.41 Å². The zero-order valence-electron chi connectivity index (χ0n) is 12.1. The lowest BCUT2D eigenvalue weighted by molar-refractivity contribution is -0.224. The number of ketones is 1. The van der Waals surface area contributed by atoms with Gasteiger partial charge in [-0.3, -0.25) is 4.79 Å². The number of aliphatic hydroxyl groups excluding tert-OH is 3. The van der Waals surface area contributed by atoms with Crippen LogP contribution in [0.3, 0.4) is 0 Å². The highest BCUT2D eigenvalue weighted by molar-refractivity contribution is 6.01. The Bertz CT molecular complexity index is 565. The fraction of sp³-hybridized carbons (Fsp3) is 0.800. The van der Waals surface area contributed by atoms with Gasteiger partial charge < -0.3 is 24.8 Å². The van der Waals surface area contributed by atoms with E-state index < -0.39 is 47.1 Å². The first-order chi connectivity index (χ1) is 9.84. The van der Waals surface area contributed by atoms with E-state index in [1.165, 1.54) is 0 Å². The van der Waals surface area contributed by atoms with Crippen LogP contribution in [0.25, 0.3) is 0 Å². The van der Waals surface area contributed by atoms with E-state index in [9.17, 15) is 20.1 Å². The maximum absolute atomic E-state index is 12.9. The van der Waals surface area contributed by atoms with Crippen LogP contribution in [0.2, 0.25) is 0 Å². The van der Waals surface area contributed by atoms with Gasteiger partial charge in [0.15, 0.2) is 5.76 Å². The Morgan fingerprint density at radius 2 is 2.10 bits per heavy atom. The van der Waals surface area contributed by atoms with E-state index in [2.05, 4.69) is 0 Å². The normalized spacial score (nSPS) is 55.0. The van der Waals surface area contributed by atoms with E-state index in [0.29, 0.717) is 25.0 Å². The largest absolute Gasteiger partial charge is 0.504 e. The van der Waals surface area contributed by atoms with Gasteiger partial charge in [0.2, 0.25) is 5.78 Å². The summed E-state index contributed by atoms with van der Waals surface area (Å²) >= 11 is 0. The molecule has 6 atom stereocenters. The van der Waals surface area contributed by atoms with Crippen LogP contribution >= 0.6 is 0 Å². The molecule has 3 N–H and O–H groups in total. The molecule has 0 aromatic rings. The monoisotopic (exact) mass is 296 g/mol. The number of fused-ring (bicyclic) bond motifs is 2. The molecule has 1 saturated carbocycles. The molecule has 116 valence electrons. The minimum atomic E-state index is -1.25. The molecule has 6 nitrogen and oxygen atoms in total. The third-order valence-corrected chi connectivity index (χ3v) is 6.43. The summed E-state index contributed by atoms with van der Waals surface area (Å²) in [6.07, 6.45) is -1.01. The zero-order valence-corrected chi connectivity index (χ0v) is 12.1. The van der Waals surface area contributed by atoms with Crippen molar-refractivity contribution in [1.29, 1.82) is 0 Å². The molecule has 0 radical (unpaired) electrons. The minimum absolute atomic E-state index is 0.277. The van der Waals surface area contributed by atoms with Crippen molar-refractivity contribution in [2.75, 3.05) is 13.2 Å². The molecule has 2 heterocycles. The van der Waals surface area contributed by atoms with Crippen LogP contribution in [0.1, 0.15) is 26.7 Å². The van der Waals surface area contributed by atoms with Crippen molar-refractivity contribution in [3.63, 3.8) is 0 Å². The fourth-order valence-corrected chi connectivity index (χ4v) is 5.04. The van der Waals surface area contributed by atoms with Crippen LogP contribution < -0.4 is 0 Å². The van der Waals surface area contributed by atoms with Crippen LogP contribution in [-0.2, 0) is 14.3 Å². The molecular weight excluding hydrogens is 276 g/mol. The lowest BCUT2D eigenvalue weighted by Gasteiger charge is -2.56. The van der Waals surface area contributed by atoms with Crippen molar-refractivity contribution in [1.82, 2.24) is 0 Å². The van der Waals surface area contributed by atoms with Crippen molar-refractivity contribution < 1.29 is 29.6 Å². The highest BCUT2D eigenvalue weighted by Gasteiger charge is 2.83. The Labute approximate surface area is 122 Å². The molecule has 6 heteroatoms. The summed E-state index contributed by atoms with van der Waals surface area (Å²) in [5.74, 6) is -0.760. The quantitative estimate of drug-likeness (QED) is 0.593. The molecule has 1 spiro atoms. The van der Waals surface area contributed by atoms with Crippen LogP contribution in [0.5, 0.6) is 0 Å². The highest BCUT2D eigenvalue weighted by Crippen LogP contribution is 2.70. The van der Waals surface area contributed by atoms with Gasteiger partial charge in [0.05, 0.1) is 30.8 Å². The lowest BCUT2D eigenvalue weighted by atomic mass is 9.51. The summed E-state index contributed by atoms with van der Waals surface area (Å²) in [5.41, 5.74) is -2.14. The molecule has 0 unspecified atom stereocenters. The maximum Gasteiger partial charge on any atom is 0.208 e. The number of hydrogen-bond acceptors (Lipinski definition) is 6. The number of ether oxygens (including phenoxy) is 2. The average Bonchev–Trinajstić information content (AvgIpc) is 3.20. The van der Waals surface area contributed by atoms with Crippen molar-refractivity contribution in [3.8, 4) is 0 Å². The summed E-state index contributed by atoms with van der Waals surface area (Å²) in [6, 6.07) is 0. The summed E-state index contributed by atoms with van der Waals surface area (Å²) < 4.78 is 11.7. The molecule has 0 amide bonds. The average molecular weight is 296 g/mol. The predicted molar refractivity (Wildman–Crippen MR) is 70.5 cm³/mol. The van der Waals surface area contributed by atoms with E-state index >= 15 is 0 Å². The molecule has 2 bridgehead atoms. The van der Waals surface area contributed by atoms with Gasteiger partial charge in [0.25, 0.3) is 0 Å². The molecule has 2 aliphatic heterocycles. The zero-order chi connectivity index (χ0) is 15.2. The Hall–Kier alpha value is -0.950. The summed E-state index contributed by atoms with van der Waals surface area (Å²) in [5, 5.41) is 30.6. The third-order valence-electron chi connectivity index (χ3n) is 6.43. The summed E-state index contributed by atoms with van der Waals surface area (Å²) in [7, 11) is 0. The van der Waals surface area contributed by atoms with E-state index in [4.69, 9.17) is 9.47 Å². The SMILES string of the molecule is CC1=C(O)C(=O)[C@@]2(CO)[C@@H](C1)O[C@@H]1[C@H](O)C[C@@]2(C)[C@]12CO2. The Balaban J connectivity index is 1.94. The van der Waals surface area contributed by atoms with Crippen LogP contribution in [-0.4, -0.2) is 58.2 Å². The minimum Gasteiger partial charge on any atom is -0.504 e. The Kier molecular flexibility index (Phi) is 2.40. The Morgan fingerprint density at radius 3 is 2.67 bits per heavy atom. The van der Waals surface area contributed by atoms with E-state index in [1.54, 1.807) is 6.92 Å². The molecule has 3 fully saturated rings. The number of Topliss-reactive ketones (excluding diaryl/α,β-unsaturated/α-hetero) is 1. The Morgan fingerprint density at radius 1 is 1.43 bits per heavy atom. The van der Waals surface area contributed by atoms with Gasteiger partial charge in [-0.05, 0) is 25.3 Å². The lowest BCUT2D eigenvalue weighted by Crippen LogP contribution is -2.68. The predicted octanol–water partition coefficient (Wildman–Crippen LogP) is 0.0772. The molecule has 2 aliphatic carbocycles. The van der Waals surface area contributed by atoms with Crippen molar-refractivity contribution in [3.05, 3.63) is 11.3 Å². The van der Waals surface area contributed by atoms with Gasteiger partial charge in [-0.1, -0.05) is 6.92 Å². The van der Waals surface area contributed by atoms with Crippen molar-refractivity contribution >= 4 is 5.78 Å². The molecule has 0 aromatic heterocycles. The topological polar surface area (TPSA) is 99.5 Å². The molecule has 4 aliphatic rings. The maximum atomic E-state index is 12.9. The van der Waals surface area contributed by atoms with Gasteiger partial charge in [-0.25, -0.2) is 0 Å². The van der Waals surface area contributed by atoms with E-state index in [0.717, 1.165) is 0 Å². The summed E-state index contributed by atoms with van der Waals surface area (Å²) in [4.78, 5) is 12.9. The van der Waals surface area contributed by atoms with Crippen molar-refractivity contribution in [2.45, 2.75) is 50.6 Å². The second-order valence-corrected chi connectivity index (χ2v) is 7.12. The number of rotatable bonds is 1. The second kappa shape index (κ2) is 3.68. The van der Waals surface area contributed by atoms with Crippen LogP contribution in [0.4, 0.5) is 0 Å². The smallest absolute Gasteiger partial charge is 0.208 e. The first-order valence-electron chi connectivity index (χ1n) is 7.36. The number of hydrogen-bond donors (Lipinski definition) is 3. The van der Waals surface area contributed by atoms with Gasteiger partial charge in [0.1, 0.15) is 11.7 Å². The molecule has 4 rings (SSSR count). The van der Waals surface area contributed by atoms with Gasteiger partial charge >= 0.3 is 0 Å². The first kappa shape index (κ1) is 13.7. The molecule has 2 saturated heterocycles. The van der Waals surface area contributed by atoms with Gasteiger partial charge in [-0.15, -0.1) is 0 Å². The molecule has 21 heavy (non-hydrogen) atoms.